The highest BCUT2D eigenvalue weighted by Gasteiger charge is 2.26. The Morgan fingerprint density at radius 1 is 0.875 bits per heavy atom. The van der Waals surface area contributed by atoms with E-state index in [-0.39, 0.29) is 6.73 Å². The summed E-state index contributed by atoms with van der Waals surface area (Å²) in [4.78, 5) is 35.9. The lowest BCUT2D eigenvalue weighted by molar-refractivity contribution is -0.112. The van der Waals surface area contributed by atoms with Crippen LogP contribution < -0.4 is 15.1 Å². The van der Waals surface area contributed by atoms with Crippen molar-refractivity contribution in [3.63, 3.8) is 0 Å². The highest BCUT2D eigenvalue weighted by Crippen LogP contribution is 2.29. The van der Waals surface area contributed by atoms with Gasteiger partial charge in [-0.1, -0.05) is 30.3 Å². The summed E-state index contributed by atoms with van der Waals surface area (Å²) < 4.78 is 7.06. The minimum absolute atomic E-state index is 0.175. The van der Waals surface area contributed by atoms with Gasteiger partial charge in [-0.2, -0.15) is 0 Å². The monoisotopic (exact) mass is 537 g/mol. The number of nitrogens with zero attached hydrogens (tertiary/aromatic N) is 4. The second-order valence-electron chi connectivity index (χ2n) is 10.2. The molecule has 4 aromatic rings. The minimum atomic E-state index is -0.685. The van der Waals surface area contributed by atoms with Crippen molar-refractivity contribution in [3.8, 4) is 11.1 Å². The third kappa shape index (κ3) is 5.77. The molecule has 1 saturated heterocycles. The summed E-state index contributed by atoms with van der Waals surface area (Å²) in [5.41, 5.74) is 6.64. The standard InChI is InChI=1S/C32H35N5O3/c1-22-18-23(2)33-29(19-22)36-16-14-35(15-17-36)27-12-10-26(11-13-27)34-32(39)31(38)30-28(25-8-6-5-7-9-25)20-24(3)37(30)21-40-4/h5-13,18-20H,14-17,21H2,1-4H3,(H,34,39). The number of rotatable bonds is 8. The van der Waals surface area contributed by atoms with E-state index in [4.69, 9.17) is 9.72 Å². The van der Waals surface area contributed by atoms with Gasteiger partial charge in [-0.05, 0) is 74.4 Å². The van der Waals surface area contributed by atoms with Crippen molar-refractivity contribution in [2.75, 3.05) is 48.4 Å². The Bertz CT molecular complexity index is 1480. The van der Waals surface area contributed by atoms with Crippen molar-refractivity contribution in [2.24, 2.45) is 0 Å². The normalized spacial score (nSPS) is 13.4. The van der Waals surface area contributed by atoms with E-state index >= 15 is 0 Å². The van der Waals surface area contributed by atoms with Crippen LogP contribution in [0.2, 0.25) is 0 Å². The molecule has 2 aromatic heterocycles. The quantitative estimate of drug-likeness (QED) is 0.245. The molecule has 8 heteroatoms. The molecule has 5 rings (SSSR count). The van der Waals surface area contributed by atoms with Gasteiger partial charge >= 0.3 is 0 Å². The fourth-order valence-electron chi connectivity index (χ4n) is 5.28. The first-order valence-electron chi connectivity index (χ1n) is 13.5. The number of methoxy groups -OCH3 is 1. The summed E-state index contributed by atoms with van der Waals surface area (Å²) in [6.45, 7) is 9.71. The topological polar surface area (TPSA) is 79.7 Å². The third-order valence-electron chi connectivity index (χ3n) is 7.25. The maximum atomic E-state index is 13.4. The number of carbonyl (C=O) groups is 2. The first-order chi connectivity index (χ1) is 19.3. The molecule has 3 heterocycles. The Morgan fingerprint density at radius 2 is 1.55 bits per heavy atom. The molecule has 0 radical (unpaired) electrons. The lowest BCUT2D eigenvalue weighted by atomic mass is 10.0. The van der Waals surface area contributed by atoms with Crippen LogP contribution in [0.5, 0.6) is 0 Å². The van der Waals surface area contributed by atoms with Crippen LogP contribution >= 0.6 is 0 Å². The Labute approximate surface area is 235 Å². The van der Waals surface area contributed by atoms with E-state index in [1.54, 1.807) is 11.7 Å². The van der Waals surface area contributed by atoms with Crippen LogP contribution in [0, 0.1) is 20.8 Å². The van der Waals surface area contributed by atoms with Crippen LogP contribution in [0.15, 0.2) is 72.8 Å². The highest BCUT2D eigenvalue weighted by molar-refractivity contribution is 6.47. The number of hydrogen-bond donors (Lipinski definition) is 1. The Hall–Kier alpha value is -4.43. The van der Waals surface area contributed by atoms with E-state index in [1.807, 2.05) is 74.5 Å². The van der Waals surface area contributed by atoms with E-state index in [0.717, 1.165) is 54.6 Å². The van der Waals surface area contributed by atoms with Crippen LogP contribution in [0.3, 0.4) is 0 Å². The largest absolute Gasteiger partial charge is 0.368 e. The maximum Gasteiger partial charge on any atom is 0.298 e. The summed E-state index contributed by atoms with van der Waals surface area (Å²) in [7, 11) is 1.57. The molecule has 0 saturated carbocycles. The zero-order valence-corrected chi connectivity index (χ0v) is 23.5. The molecular weight excluding hydrogens is 502 g/mol. The van der Waals surface area contributed by atoms with Crippen molar-refractivity contribution in [1.82, 2.24) is 9.55 Å². The molecule has 0 unspecified atom stereocenters. The summed E-state index contributed by atoms with van der Waals surface area (Å²) in [5, 5.41) is 2.79. The first-order valence-corrected chi connectivity index (χ1v) is 13.5. The molecule has 1 aliphatic heterocycles. The first kappa shape index (κ1) is 27.1. The maximum absolute atomic E-state index is 13.4. The number of ketones is 1. The molecule has 8 nitrogen and oxygen atoms in total. The van der Waals surface area contributed by atoms with E-state index in [9.17, 15) is 9.59 Å². The average molecular weight is 538 g/mol. The van der Waals surface area contributed by atoms with Crippen molar-refractivity contribution < 1.29 is 14.3 Å². The number of anilines is 3. The predicted molar refractivity (Wildman–Crippen MR) is 159 cm³/mol. The lowest BCUT2D eigenvalue weighted by Crippen LogP contribution is -2.46. The summed E-state index contributed by atoms with van der Waals surface area (Å²) >= 11 is 0. The summed E-state index contributed by atoms with van der Waals surface area (Å²) in [5.74, 6) is -0.263. The van der Waals surface area contributed by atoms with Crippen LogP contribution in [-0.2, 0) is 16.3 Å². The molecule has 0 bridgehead atoms. The van der Waals surface area contributed by atoms with Gasteiger partial charge in [0, 0.05) is 61.6 Å². The Kier molecular flexibility index (Phi) is 7.98. The number of aromatic nitrogens is 2. The number of aryl methyl sites for hydroxylation is 3. The molecule has 206 valence electrons. The zero-order chi connectivity index (χ0) is 28.2. The summed E-state index contributed by atoms with van der Waals surface area (Å²) in [6, 6.07) is 23.4. The van der Waals surface area contributed by atoms with Gasteiger partial charge in [0.2, 0.25) is 0 Å². The predicted octanol–water partition coefficient (Wildman–Crippen LogP) is 5.23. The number of pyridine rings is 1. The second kappa shape index (κ2) is 11.8. The number of Topliss-reactive ketones (excluding diaryl/α,β-unsaturated/α-hetero) is 1. The molecule has 1 aliphatic rings. The molecule has 1 fully saturated rings. The molecule has 2 aromatic carbocycles. The number of carbonyl (C=O) groups excluding carboxylic acids is 2. The number of ether oxygens (including phenoxy) is 1. The second-order valence-corrected chi connectivity index (χ2v) is 10.2. The molecule has 1 amide bonds. The van der Waals surface area contributed by atoms with Crippen molar-refractivity contribution in [2.45, 2.75) is 27.5 Å². The number of nitrogens with one attached hydrogen (secondary N) is 1. The zero-order valence-electron chi connectivity index (χ0n) is 23.5. The van der Waals surface area contributed by atoms with Crippen LogP contribution in [0.1, 0.15) is 27.4 Å². The van der Waals surface area contributed by atoms with E-state index < -0.39 is 11.7 Å². The smallest absolute Gasteiger partial charge is 0.298 e. The van der Waals surface area contributed by atoms with Gasteiger partial charge in [0.25, 0.3) is 11.7 Å². The number of piperazine rings is 1. The molecule has 40 heavy (non-hydrogen) atoms. The van der Waals surface area contributed by atoms with Crippen molar-refractivity contribution >= 4 is 28.9 Å². The minimum Gasteiger partial charge on any atom is -0.368 e. The fraction of sp³-hybridized carbons (Fsp3) is 0.281. The van der Waals surface area contributed by atoms with Crippen molar-refractivity contribution in [1.29, 1.82) is 0 Å². The Morgan fingerprint density at radius 3 is 2.20 bits per heavy atom. The van der Waals surface area contributed by atoms with Gasteiger partial charge in [0.15, 0.2) is 0 Å². The van der Waals surface area contributed by atoms with E-state index in [1.165, 1.54) is 5.56 Å². The van der Waals surface area contributed by atoms with Crippen LogP contribution in [-0.4, -0.2) is 54.5 Å². The molecule has 0 aliphatic carbocycles. The van der Waals surface area contributed by atoms with Gasteiger partial charge in [0.05, 0.1) is 0 Å². The summed E-state index contributed by atoms with van der Waals surface area (Å²) in [6.07, 6.45) is 0. The highest BCUT2D eigenvalue weighted by atomic mass is 16.5. The van der Waals surface area contributed by atoms with Gasteiger partial charge in [-0.25, -0.2) is 4.98 Å². The van der Waals surface area contributed by atoms with Crippen LogP contribution in [0.25, 0.3) is 11.1 Å². The third-order valence-corrected chi connectivity index (χ3v) is 7.25. The van der Waals surface area contributed by atoms with Crippen LogP contribution in [0.4, 0.5) is 17.2 Å². The molecule has 1 N–H and O–H groups in total. The molecular formula is C32H35N5O3. The number of amides is 1. The molecule has 0 atom stereocenters. The van der Waals surface area contributed by atoms with Crippen molar-refractivity contribution in [3.05, 3.63) is 95.4 Å². The SMILES string of the molecule is COCn1c(C)cc(-c2ccccc2)c1C(=O)C(=O)Nc1ccc(N2CCN(c3cc(C)cc(C)n3)CC2)cc1. The fourth-order valence-corrected chi connectivity index (χ4v) is 5.28. The van der Waals surface area contributed by atoms with Gasteiger partial charge in [-0.15, -0.1) is 0 Å². The van der Waals surface area contributed by atoms with E-state index in [0.29, 0.717) is 16.9 Å². The van der Waals surface area contributed by atoms with Gasteiger partial charge in [-0.3, -0.25) is 9.59 Å². The van der Waals surface area contributed by atoms with E-state index in [2.05, 4.69) is 34.2 Å². The number of hydrogen-bond acceptors (Lipinski definition) is 6. The van der Waals surface area contributed by atoms with Gasteiger partial charge in [0.1, 0.15) is 18.2 Å². The molecule has 0 spiro atoms. The average Bonchev–Trinajstić information content (AvgIpc) is 3.29. The lowest BCUT2D eigenvalue weighted by Gasteiger charge is -2.37. The van der Waals surface area contributed by atoms with Gasteiger partial charge < -0.3 is 24.4 Å². The Balaban J connectivity index is 1.26. The number of benzene rings is 2.